The van der Waals surface area contributed by atoms with Crippen LogP contribution in [-0.4, -0.2) is 58.0 Å². The normalized spacial score (nSPS) is 25.4. The summed E-state index contributed by atoms with van der Waals surface area (Å²) in [6.45, 7) is 4.77. The van der Waals surface area contributed by atoms with Gasteiger partial charge in [-0.3, -0.25) is 4.90 Å². The summed E-state index contributed by atoms with van der Waals surface area (Å²) in [4.78, 5) is 2.45. The molecule has 2 N–H and O–H groups in total. The van der Waals surface area contributed by atoms with Crippen LogP contribution in [0.3, 0.4) is 0 Å². The molecule has 0 atom stereocenters. The zero-order chi connectivity index (χ0) is 12.5. The zero-order valence-corrected chi connectivity index (χ0v) is 11.4. The Bertz CT molecular complexity index is 174. The second-order valence-electron chi connectivity index (χ2n) is 5.07. The van der Waals surface area contributed by atoms with Gasteiger partial charge in [0.2, 0.25) is 0 Å². The summed E-state index contributed by atoms with van der Waals surface area (Å²) in [5.41, 5.74) is 5.93. The second-order valence-corrected chi connectivity index (χ2v) is 5.07. The molecule has 0 radical (unpaired) electrons. The van der Waals surface area contributed by atoms with Crippen molar-refractivity contribution in [1.29, 1.82) is 0 Å². The van der Waals surface area contributed by atoms with Gasteiger partial charge >= 0.3 is 0 Å². The number of methoxy groups -OCH3 is 2. The fourth-order valence-electron chi connectivity index (χ4n) is 2.47. The lowest BCUT2D eigenvalue weighted by Crippen LogP contribution is -2.37. The molecule has 0 aromatic carbocycles. The first kappa shape index (κ1) is 14.9. The summed E-state index contributed by atoms with van der Waals surface area (Å²) in [5, 5.41) is 0. The van der Waals surface area contributed by atoms with E-state index in [-0.39, 0.29) is 0 Å². The average Bonchev–Trinajstić information content (AvgIpc) is 2.35. The molecule has 17 heavy (non-hydrogen) atoms. The fourth-order valence-corrected chi connectivity index (χ4v) is 2.47. The van der Waals surface area contributed by atoms with Crippen LogP contribution in [0.5, 0.6) is 0 Å². The molecule has 1 fully saturated rings. The second kappa shape index (κ2) is 8.86. The van der Waals surface area contributed by atoms with Gasteiger partial charge < -0.3 is 15.2 Å². The Balaban J connectivity index is 2.25. The third-order valence-electron chi connectivity index (χ3n) is 3.63. The predicted octanol–water partition coefficient (Wildman–Crippen LogP) is 1.10. The quantitative estimate of drug-likeness (QED) is 0.694. The van der Waals surface area contributed by atoms with Crippen molar-refractivity contribution >= 4 is 0 Å². The number of nitrogens with two attached hydrogens (primary N) is 1. The lowest BCUT2D eigenvalue weighted by molar-refractivity contribution is 0.0972. The summed E-state index contributed by atoms with van der Waals surface area (Å²) < 4.78 is 10.3. The number of hydrogen-bond acceptors (Lipinski definition) is 4. The van der Waals surface area contributed by atoms with Crippen LogP contribution in [0.15, 0.2) is 0 Å². The van der Waals surface area contributed by atoms with Gasteiger partial charge in [-0.05, 0) is 31.6 Å². The summed E-state index contributed by atoms with van der Waals surface area (Å²) in [7, 11) is 3.52. The number of nitrogens with zero attached hydrogens (tertiary/aromatic N) is 1. The van der Waals surface area contributed by atoms with Gasteiger partial charge in [0.15, 0.2) is 0 Å². The largest absolute Gasteiger partial charge is 0.383 e. The van der Waals surface area contributed by atoms with Gasteiger partial charge in [-0.15, -0.1) is 0 Å². The van der Waals surface area contributed by atoms with Gasteiger partial charge in [-0.1, -0.05) is 0 Å². The molecule has 0 spiro atoms. The summed E-state index contributed by atoms with van der Waals surface area (Å²) >= 11 is 0. The van der Waals surface area contributed by atoms with Crippen LogP contribution in [0.25, 0.3) is 0 Å². The van der Waals surface area contributed by atoms with Gasteiger partial charge in [0.25, 0.3) is 0 Å². The third-order valence-corrected chi connectivity index (χ3v) is 3.63. The highest BCUT2D eigenvalue weighted by molar-refractivity contribution is 4.76. The first-order valence-electron chi connectivity index (χ1n) is 6.72. The minimum Gasteiger partial charge on any atom is -0.383 e. The van der Waals surface area contributed by atoms with E-state index in [0.717, 1.165) is 32.2 Å². The highest BCUT2D eigenvalue weighted by Gasteiger charge is 2.20. The van der Waals surface area contributed by atoms with Crippen LogP contribution >= 0.6 is 0 Å². The molecule has 0 saturated heterocycles. The lowest BCUT2D eigenvalue weighted by Gasteiger charge is -2.31. The van der Waals surface area contributed by atoms with E-state index in [1.54, 1.807) is 14.2 Å². The highest BCUT2D eigenvalue weighted by atomic mass is 16.5. The van der Waals surface area contributed by atoms with E-state index in [4.69, 9.17) is 15.2 Å². The van der Waals surface area contributed by atoms with E-state index in [0.29, 0.717) is 6.04 Å². The van der Waals surface area contributed by atoms with Crippen molar-refractivity contribution < 1.29 is 9.47 Å². The Hall–Kier alpha value is -0.160. The van der Waals surface area contributed by atoms with E-state index in [2.05, 4.69) is 4.90 Å². The van der Waals surface area contributed by atoms with E-state index >= 15 is 0 Å². The van der Waals surface area contributed by atoms with Crippen LogP contribution in [0.1, 0.15) is 25.7 Å². The van der Waals surface area contributed by atoms with Gasteiger partial charge in [0.1, 0.15) is 0 Å². The smallest absolute Gasteiger partial charge is 0.0589 e. The van der Waals surface area contributed by atoms with Crippen LogP contribution in [-0.2, 0) is 9.47 Å². The maximum absolute atomic E-state index is 5.93. The average molecular weight is 244 g/mol. The maximum Gasteiger partial charge on any atom is 0.0589 e. The number of rotatable bonds is 8. The molecule has 102 valence electrons. The predicted molar refractivity (Wildman–Crippen MR) is 70.1 cm³/mol. The molecule has 0 aromatic heterocycles. The Morgan fingerprint density at radius 1 is 1.00 bits per heavy atom. The first-order chi connectivity index (χ1) is 8.26. The standard InChI is InChI=1S/C13H28N2O2/c1-16-9-7-15(8-10-17-2)11-12-3-5-13(14)6-4-12/h12-13H,3-11,14H2,1-2H3. The van der Waals surface area contributed by atoms with E-state index < -0.39 is 0 Å². The minimum atomic E-state index is 0.442. The molecule has 1 aliphatic carbocycles. The van der Waals surface area contributed by atoms with Crippen molar-refractivity contribution in [3.05, 3.63) is 0 Å². The van der Waals surface area contributed by atoms with E-state index in [1.807, 2.05) is 0 Å². The molecule has 4 nitrogen and oxygen atoms in total. The van der Waals surface area contributed by atoms with Crippen LogP contribution in [0, 0.1) is 5.92 Å². The summed E-state index contributed by atoms with van der Waals surface area (Å²) in [5.74, 6) is 0.809. The third kappa shape index (κ3) is 6.36. The van der Waals surface area contributed by atoms with E-state index in [9.17, 15) is 0 Å². The SMILES string of the molecule is COCCN(CCOC)CC1CCC(N)CC1. The lowest BCUT2D eigenvalue weighted by atomic mass is 9.86. The molecular weight excluding hydrogens is 216 g/mol. The van der Waals surface area contributed by atoms with Gasteiger partial charge in [-0.2, -0.15) is 0 Å². The van der Waals surface area contributed by atoms with Crippen molar-refractivity contribution in [2.24, 2.45) is 11.7 Å². The molecular formula is C13H28N2O2. The summed E-state index contributed by atoms with van der Waals surface area (Å²) in [6, 6.07) is 0.442. The molecule has 4 heteroatoms. The molecule has 0 amide bonds. The first-order valence-corrected chi connectivity index (χ1v) is 6.72. The van der Waals surface area contributed by atoms with E-state index in [1.165, 1.54) is 32.2 Å². The Morgan fingerprint density at radius 3 is 2.00 bits per heavy atom. The number of ether oxygens (including phenoxy) is 2. The van der Waals surface area contributed by atoms with Crippen LogP contribution < -0.4 is 5.73 Å². The molecule has 0 aliphatic heterocycles. The Kier molecular flexibility index (Phi) is 7.77. The molecule has 0 unspecified atom stereocenters. The molecule has 0 bridgehead atoms. The molecule has 0 heterocycles. The van der Waals surface area contributed by atoms with Crippen LogP contribution in [0.4, 0.5) is 0 Å². The van der Waals surface area contributed by atoms with Crippen molar-refractivity contribution in [3.8, 4) is 0 Å². The van der Waals surface area contributed by atoms with Gasteiger partial charge in [0, 0.05) is 39.9 Å². The minimum absolute atomic E-state index is 0.442. The number of hydrogen-bond donors (Lipinski definition) is 1. The van der Waals surface area contributed by atoms with Gasteiger partial charge in [-0.25, -0.2) is 0 Å². The van der Waals surface area contributed by atoms with Gasteiger partial charge in [0.05, 0.1) is 13.2 Å². The van der Waals surface area contributed by atoms with Crippen molar-refractivity contribution in [2.45, 2.75) is 31.7 Å². The Labute approximate surface area is 105 Å². The maximum atomic E-state index is 5.93. The van der Waals surface area contributed by atoms with Crippen molar-refractivity contribution in [3.63, 3.8) is 0 Å². The molecule has 1 rings (SSSR count). The zero-order valence-electron chi connectivity index (χ0n) is 11.4. The molecule has 1 saturated carbocycles. The molecule has 1 aliphatic rings. The summed E-state index contributed by atoms with van der Waals surface area (Å²) in [6.07, 6.45) is 4.93. The monoisotopic (exact) mass is 244 g/mol. The van der Waals surface area contributed by atoms with Crippen molar-refractivity contribution in [1.82, 2.24) is 4.90 Å². The van der Waals surface area contributed by atoms with Crippen molar-refractivity contribution in [2.75, 3.05) is 47.1 Å². The molecule has 0 aromatic rings. The van der Waals surface area contributed by atoms with Crippen LogP contribution in [0.2, 0.25) is 0 Å². The highest BCUT2D eigenvalue weighted by Crippen LogP contribution is 2.23. The topological polar surface area (TPSA) is 47.7 Å². The Morgan fingerprint density at radius 2 is 1.53 bits per heavy atom. The fraction of sp³-hybridized carbons (Fsp3) is 1.00.